The number of aliphatic hydroxyl groups is 1. The van der Waals surface area contributed by atoms with Gasteiger partial charge in [0, 0.05) is 0 Å². The van der Waals surface area contributed by atoms with Crippen molar-refractivity contribution < 1.29 is 14.3 Å². The standard InChI is InChI=1S/C15H13NO3S/c17-8-11-3-1-4-13(7-11)18-9-12-10-19-15(16-12)14-5-2-6-20-14/h1-7,10,17H,8-9H2. The van der Waals surface area contributed by atoms with Crippen molar-refractivity contribution in [3.63, 3.8) is 0 Å². The smallest absolute Gasteiger partial charge is 0.236 e. The maximum absolute atomic E-state index is 9.07. The van der Waals surface area contributed by atoms with Crippen molar-refractivity contribution in [1.29, 1.82) is 0 Å². The second-order valence-corrected chi connectivity index (χ2v) is 5.16. The van der Waals surface area contributed by atoms with Crippen LogP contribution in [0.3, 0.4) is 0 Å². The largest absolute Gasteiger partial charge is 0.487 e. The minimum absolute atomic E-state index is 0.00366. The van der Waals surface area contributed by atoms with Gasteiger partial charge in [0.1, 0.15) is 24.3 Å². The molecule has 2 aromatic heterocycles. The number of aliphatic hydroxyl groups excluding tert-OH is 1. The molecule has 0 spiro atoms. The summed E-state index contributed by atoms with van der Waals surface area (Å²) in [4.78, 5) is 5.38. The van der Waals surface area contributed by atoms with Gasteiger partial charge in [-0.1, -0.05) is 18.2 Å². The van der Waals surface area contributed by atoms with E-state index in [1.54, 1.807) is 23.7 Å². The Morgan fingerprint density at radius 3 is 3.00 bits per heavy atom. The first-order chi connectivity index (χ1) is 9.85. The number of hydrogen-bond donors (Lipinski definition) is 1. The predicted molar refractivity (Wildman–Crippen MR) is 76.5 cm³/mol. The maximum atomic E-state index is 9.07. The summed E-state index contributed by atoms with van der Waals surface area (Å²) in [5.41, 5.74) is 1.56. The van der Waals surface area contributed by atoms with E-state index in [9.17, 15) is 0 Å². The predicted octanol–water partition coefficient (Wildman–Crippen LogP) is 3.47. The Bertz CT molecular complexity index is 676. The molecule has 3 aromatic rings. The van der Waals surface area contributed by atoms with Gasteiger partial charge in [-0.15, -0.1) is 11.3 Å². The Morgan fingerprint density at radius 2 is 2.20 bits per heavy atom. The minimum atomic E-state index is 0.00366. The van der Waals surface area contributed by atoms with Gasteiger partial charge in [0.2, 0.25) is 5.89 Å². The van der Waals surface area contributed by atoms with Crippen LogP contribution in [0.25, 0.3) is 10.8 Å². The molecule has 0 amide bonds. The molecule has 0 saturated heterocycles. The quantitative estimate of drug-likeness (QED) is 0.780. The Kier molecular flexibility index (Phi) is 3.80. The molecule has 5 heteroatoms. The van der Waals surface area contributed by atoms with Crippen LogP contribution in [0, 0.1) is 0 Å². The Hall–Kier alpha value is -2.11. The molecular formula is C15H13NO3S. The number of benzene rings is 1. The van der Waals surface area contributed by atoms with E-state index < -0.39 is 0 Å². The van der Waals surface area contributed by atoms with E-state index in [-0.39, 0.29) is 6.61 Å². The lowest BCUT2D eigenvalue weighted by Gasteiger charge is -2.04. The first kappa shape index (κ1) is 12.9. The topological polar surface area (TPSA) is 55.5 Å². The Labute approximate surface area is 120 Å². The molecule has 20 heavy (non-hydrogen) atoms. The summed E-state index contributed by atoms with van der Waals surface area (Å²) >= 11 is 1.58. The zero-order chi connectivity index (χ0) is 13.8. The van der Waals surface area contributed by atoms with Crippen molar-refractivity contribution in [2.75, 3.05) is 0 Å². The Balaban J connectivity index is 1.66. The lowest BCUT2D eigenvalue weighted by Crippen LogP contribution is -1.96. The average Bonchev–Trinajstić information content (AvgIpc) is 3.16. The highest BCUT2D eigenvalue weighted by molar-refractivity contribution is 7.13. The molecule has 0 aliphatic carbocycles. The molecule has 0 saturated carbocycles. The molecule has 0 bridgehead atoms. The molecule has 3 rings (SSSR count). The Morgan fingerprint density at radius 1 is 1.25 bits per heavy atom. The van der Waals surface area contributed by atoms with Crippen LogP contribution in [-0.4, -0.2) is 10.1 Å². The zero-order valence-electron chi connectivity index (χ0n) is 10.7. The highest BCUT2D eigenvalue weighted by Crippen LogP contribution is 2.24. The van der Waals surface area contributed by atoms with Crippen molar-refractivity contribution in [2.45, 2.75) is 13.2 Å². The van der Waals surface area contributed by atoms with Crippen LogP contribution in [-0.2, 0) is 13.2 Å². The lowest BCUT2D eigenvalue weighted by molar-refractivity contribution is 0.277. The molecular weight excluding hydrogens is 274 g/mol. The maximum Gasteiger partial charge on any atom is 0.236 e. The third-order valence-electron chi connectivity index (χ3n) is 2.75. The molecule has 2 heterocycles. The zero-order valence-corrected chi connectivity index (χ0v) is 11.5. The lowest BCUT2D eigenvalue weighted by atomic mass is 10.2. The number of nitrogens with zero attached hydrogens (tertiary/aromatic N) is 1. The molecule has 0 aliphatic rings. The summed E-state index contributed by atoms with van der Waals surface area (Å²) in [5, 5.41) is 11.1. The van der Waals surface area contributed by atoms with Gasteiger partial charge in [-0.25, -0.2) is 4.98 Å². The van der Waals surface area contributed by atoms with Crippen LogP contribution in [0.5, 0.6) is 5.75 Å². The van der Waals surface area contributed by atoms with Gasteiger partial charge in [0.05, 0.1) is 11.5 Å². The molecule has 0 radical (unpaired) electrons. The van der Waals surface area contributed by atoms with E-state index in [4.69, 9.17) is 14.3 Å². The summed E-state index contributed by atoms with van der Waals surface area (Å²) < 4.78 is 11.1. The monoisotopic (exact) mass is 287 g/mol. The third-order valence-corrected chi connectivity index (χ3v) is 3.61. The molecule has 102 valence electrons. The van der Waals surface area contributed by atoms with Crippen molar-refractivity contribution in [3.8, 4) is 16.5 Å². The summed E-state index contributed by atoms with van der Waals surface area (Å²) in [6.45, 7) is 0.341. The van der Waals surface area contributed by atoms with E-state index in [0.717, 1.165) is 16.1 Å². The van der Waals surface area contributed by atoms with Crippen LogP contribution in [0.4, 0.5) is 0 Å². The molecule has 0 unspecified atom stereocenters. The van der Waals surface area contributed by atoms with E-state index >= 15 is 0 Å². The van der Waals surface area contributed by atoms with Crippen LogP contribution >= 0.6 is 11.3 Å². The molecule has 4 nitrogen and oxygen atoms in total. The van der Waals surface area contributed by atoms with Crippen LogP contribution in [0.15, 0.2) is 52.5 Å². The van der Waals surface area contributed by atoms with Crippen LogP contribution < -0.4 is 4.74 Å². The fourth-order valence-corrected chi connectivity index (χ4v) is 2.43. The summed E-state index contributed by atoms with van der Waals surface area (Å²) in [7, 11) is 0. The van der Waals surface area contributed by atoms with Gasteiger partial charge in [-0.05, 0) is 29.1 Å². The number of thiophene rings is 1. The van der Waals surface area contributed by atoms with Gasteiger partial charge in [0.15, 0.2) is 0 Å². The van der Waals surface area contributed by atoms with Crippen molar-refractivity contribution in [2.24, 2.45) is 0 Å². The van der Waals surface area contributed by atoms with Gasteiger partial charge in [-0.2, -0.15) is 0 Å². The van der Waals surface area contributed by atoms with E-state index in [1.807, 2.05) is 35.7 Å². The van der Waals surface area contributed by atoms with Gasteiger partial charge in [0.25, 0.3) is 0 Å². The number of aromatic nitrogens is 1. The first-order valence-electron chi connectivity index (χ1n) is 6.16. The normalized spacial score (nSPS) is 10.7. The van der Waals surface area contributed by atoms with E-state index in [2.05, 4.69) is 4.98 Å². The highest BCUT2D eigenvalue weighted by atomic mass is 32.1. The van der Waals surface area contributed by atoms with E-state index in [1.165, 1.54) is 0 Å². The second-order valence-electron chi connectivity index (χ2n) is 4.22. The molecule has 0 atom stereocenters. The SMILES string of the molecule is OCc1cccc(OCc2coc(-c3cccs3)n2)c1. The first-order valence-corrected chi connectivity index (χ1v) is 7.04. The van der Waals surface area contributed by atoms with Crippen molar-refractivity contribution in [3.05, 3.63) is 59.3 Å². The second kappa shape index (κ2) is 5.90. The average molecular weight is 287 g/mol. The number of ether oxygens (including phenoxy) is 1. The molecule has 1 aromatic carbocycles. The van der Waals surface area contributed by atoms with Gasteiger partial charge in [-0.3, -0.25) is 0 Å². The van der Waals surface area contributed by atoms with E-state index in [0.29, 0.717) is 18.2 Å². The van der Waals surface area contributed by atoms with Gasteiger partial charge < -0.3 is 14.3 Å². The molecule has 0 aliphatic heterocycles. The summed E-state index contributed by atoms with van der Waals surface area (Å²) in [6.07, 6.45) is 1.60. The fourth-order valence-electron chi connectivity index (χ4n) is 1.78. The van der Waals surface area contributed by atoms with Gasteiger partial charge >= 0.3 is 0 Å². The number of oxazole rings is 1. The summed E-state index contributed by atoms with van der Waals surface area (Å²) in [6, 6.07) is 11.3. The number of hydrogen-bond acceptors (Lipinski definition) is 5. The minimum Gasteiger partial charge on any atom is -0.487 e. The van der Waals surface area contributed by atoms with Crippen LogP contribution in [0.1, 0.15) is 11.3 Å². The number of rotatable bonds is 5. The van der Waals surface area contributed by atoms with Crippen molar-refractivity contribution >= 4 is 11.3 Å². The third kappa shape index (κ3) is 2.89. The van der Waals surface area contributed by atoms with Crippen LogP contribution in [0.2, 0.25) is 0 Å². The van der Waals surface area contributed by atoms with Crippen molar-refractivity contribution in [1.82, 2.24) is 4.98 Å². The molecule has 0 fully saturated rings. The highest BCUT2D eigenvalue weighted by Gasteiger charge is 2.08. The fraction of sp³-hybridized carbons (Fsp3) is 0.133. The summed E-state index contributed by atoms with van der Waals surface area (Å²) in [5.74, 6) is 1.32. The molecule has 1 N–H and O–H groups in total.